The number of hydrogen-bond acceptors (Lipinski definition) is 2. The molecule has 0 spiro atoms. The van der Waals surface area contributed by atoms with E-state index in [9.17, 15) is 0 Å². The highest BCUT2D eigenvalue weighted by atomic mass is 15.3. The fourth-order valence-corrected chi connectivity index (χ4v) is 1.52. The summed E-state index contributed by atoms with van der Waals surface area (Å²) in [4.78, 5) is 0. The molecule has 0 radical (unpaired) electrons. The quantitative estimate of drug-likeness (QED) is 0.806. The molecule has 0 saturated heterocycles. The highest BCUT2D eigenvalue weighted by Crippen LogP contribution is 2.06. The molecule has 1 heterocycles. The van der Waals surface area contributed by atoms with E-state index in [1.54, 1.807) is 0 Å². The second kappa shape index (κ2) is 5.31. The molecule has 15 heavy (non-hydrogen) atoms. The van der Waals surface area contributed by atoms with E-state index in [0.717, 1.165) is 18.8 Å². The average molecular weight is 209 g/mol. The number of aromatic nitrogens is 2. The molecule has 0 aliphatic heterocycles. The van der Waals surface area contributed by atoms with Crippen LogP contribution in [0.25, 0.3) is 0 Å². The van der Waals surface area contributed by atoms with Crippen molar-refractivity contribution in [3.8, 4) is 0 Å². The number of nitrogens with zero attached hydrogens (tertiary/aromatic N) is 2. The second-order valence-electron chi connectivity index (χ2n) is 4.51. The fourth-order valence-electron chi connectivity index (χ4n) is 1.52. The first kappa shape index (κ1) is 12.2. The van der Waals surface area contributed by atoms with Crippen molar-refractivity contribution in [1.82, 2.24) is 15.1 Å². The molecule has 3 heteroatoms. The number of nitrogens with one attached hydrogen (secondary N) is 1. The number of aryl methyl sites for hydroxylation is 2. The zero-order valence-corrected chi connectivity index (χ0v) is 10.5. The second-order valence-corrected chi connectivity index (χ2v) is 4.51. The van der Waals surface area contributed by atoms with Crippen molar-refractivity contribution in [3.05, 3.63) is 17.5 Å². The third-order valence-corrected chi connectivity index (χ3v) is 2.89. The lowest BCUT2D eigenvalue weighted by Crippen LogP contribution is -2.31. The predicted octanol–water partition coefficient (Wildman–Crippen LogP) is 2.35. The number of rotatable bonds is 5. The van der Waals surface area contributed by atoms with Gasteiger partial charge in [-0.3, -0.25) is 4.68 Å². The van der Waals surface area contributed by atoms with Crippen molar-refractivity contribution >= 4 is 0 Å². The molecule has 1 aromatic rings. The zero-order chi connectivity index (χ0) is 11.4. The maximum Gasteiger partial charge on any atom is 0.0597 e. The summed E-state index contributed by atoms with van der Waals surface area (Å²) >= 11 is 0. The minimum atomic E-state index is 0.547. The van der Waals surface area contributed by atoms with Gasteiger partial charge in [0.05, 0.1) is 11.4 Å². The molecule has 1 unspecified atom stereocenters. The highest BCUT2D eigenvalue weighted by Gasteiger charge is 2.08. The summed E-state index contributed by atoms with van der Waals surface area (Å²) in [5, 5.41) is 7.95. The van der Waals surface area contributed by atoms with E-state index in [-0.39, 0.29) is 0 Å². The van der Waals surface area contributed by atoms with Gasteiger partial charge in [-0.1, -0.05) is 13.8 Å². The molecule has 0 bridgehead atoms. The van der Waals surface area contributed by atoms with Crippen molar-refractivity contribution in [2.24, 2.45) is 5.92 Å². The van der Waals surface area contributed by atoms with E-state index in [1.165, 1.54) is 5.69 Å². The van der Waals surface area contributed by atoms with E-state index in [4.69, 9.17) is 0 Å². The van der Waals surface area contributed by atoms with Gasteiger partial charge in [0.25, 0.3) is 0 Å². The van der Waals surface area contributed by atoms with Gasteiger partial charge in [-0.2, -0.15) is 5.10 Å². The molecule has 0 aromatic carbocycles. The van der Waals surface area contributed by atoms with Crippen LogP contribution in [-0.2, 0) is 13.1 Å². The summed E-state index contributed by atoms with van der Waals surface area (Å²) in [6.45, 7) is 12.7. The minimum Gasteiger partial charge on any atom is -0.308 e. The predicted molar refractivity (Wildman–Crippen MR) is 63.8 cm³/mol. The van der Waals surface area contributed by atoms with E-state index in [2.05, 4.69) is 48.9 Å². The molecule has 0 fully saturated rings. The van der Waals surface area contributed by atoms with Crippen molar-refractivity contribution in [2.75, 3.05) is 0 Å². The lowest BCUT2D eigenvalue weighted by atomic mass is 10.1. The molecule has 0 amide bonds. The normalized spacial score (nSPS) is 13.5. The van der Waals surface area contributed by atoms with Crippen molar-refractivity contribution in [2.45, 2.75) is 53.8 Å². The minimum absolute atomic E-state index is 0.547. The average Bonchev–Trinajstić information content (AvgIpc) is 2.55. The molecule has 1 N–H and O–H groups in total. The van der Waals surface area contributed by atoms with Crippen LogP contribution >= 0.6 is 0 Å². The molecule has 1 aromatic heterocycles. The molecule has 86 valence electrons. The first-order chi connectivity index (χ1) is 7.04. The molecule has 1 atom stereocenters. The third kappa shape index (κ3) is 3.34. The maximum absolute atomic E-state index is 4.43. The Morgan fingerprint density at radius 1 is 1.40 bits per heavy atom. The Morgan fingerprint density at radius 2 is 2.07 bits per heavy atom. The van der Waals surface area contributed by atoms with Crippen LogP contribution in [0.3, 0.4) is 0 Å². The van der Waals surface area contributed by atoms with Crippen LogP contribution in [0.15, 0.2) is 6.07 Å². The van der Waals surface area contributed by atoms with Gasteiger partial charge in [-0.15, -0.1) is 0 Å². The summed E-state index contributed by atoms with van der Waals surface area (Å²) in [5.41, 5.74) is 2.38. The summed E-state index contributed by atoms with van der Waals surface area (Å²) in [7, 11) is 0. The van der Waals surface area contributed by atoms with Crippen LogP contribution < -0.4 is 5.32 Å². The van der Waals surface area contributed by atoms with Gasteiger partial charge in [-0.05, 0) is 32.8 Å². The SMILES string of the molecule is CCn1nc(C)cc1CNC(C)C(C)C. The van der Waals surface area contributed by atoms with Crippen molar-refractivity contribution < 1.29 is 0 Å². The fraction of sp³-hybridized carbons (Fsp3) is 0.750. The Hall–Kier alpha value is -0.830. The van der Waals surface area contributed by atoms with E-state index < -0.39 is 0 Å². The van der Waals surface area contributed by atoms with Crippen molar-refractivity contribution in [3.63, 3.8) is 0 Å². The maximum atomic E-state index is 4.43. The van der Waals surface area contributed by atoms with E-state index in [1.807, 2.05) is 6.92 Å². The molecule has 0 saturated carbocycles. The summed E-state index contributed by atoms with van der Waals surface area (Å²) in [6.07, 6.45) is 0. The molecular formula is C12H23N3. The van der Waals surface area contributed by atoms with Gasteiger partial charge < -0.3 is 5.32 Å². The van der Waals surface area contributed by atoms with E-state index in [0.29, 0.717) is 12.0 Å². The lowest BCUT2D eigenvalue weighted by Gasteiger charge is -2.17. The standard InChI is InChI=1S/C12H23N3/c1-6-15-12(7-10(4)14-15)8-13-11(5)9(2)3/h7,9,11,13H,6,8H2,1-5H3. The Kier molecular flexibility index (Phi) is 4.33. The van der Waals surface area contributed by atoms with Crippen LogP contribution in [0, 0.1) is 12.8 Å². The van der Waals surface area contributed by atoms with Gasteiger partial charge in [0.2, 0.25) is 0 Å². The summed E-state index contributed by atoms with van der Waals surface area (Å²) < 4.78 is 2.06. The molecule has 1 rings (SSSR count). The monoisotopic (exact) mass is 209 g/mol. The first-order valence-electron chi connectivity index (χ1n) is 5.81. The smallest absolute Gasteiger partial charge is 0.0597 e. The highest BCUT2D eigenvalue weighted by molar-refractivity contribution is 5.08. The molecule has 0 aliphatic carbocycles. The Balaban J connectivity index is 2.56. The molecular weight excluding hydrogens is 186 g/mol. The van der Waals surface area contributed by atoms with Crippen LogP contribution in [-0.4, -0.2) is 15.8 Å². The van der Waals surface area contributed by atoms with Gasteiger partial charge in [0, 0.05) is 19.1 Å². The molecule has 0 aliphatic rings. The molecule has 3 nitrogen and oxygen atoms in total. The van der Waals surface area contributed by atoms with Gasteiger partial charge in [0.1, 0.15) is 0 Å². The van der Waals surface area contributed by atoms with Crippen LogP contribution in [0.5, 0.6) is 0 Å². The van der Waals surface area contributed by atoms with Crippen molar-refractivity contribution in [1.29, 1.82) is 0 Å². The van der Waals surface area contributed by atoms with E-state index >= 15 is 0 Å². The zero-order valence-electron chi connectivity index (χ0n) is 10.5. The Labute approximate surface area is 92.9 Å². The van der Waals surface area contributed by atoms with Crippen LogP contribution in [0.2, 0.25) is 0 Å². The van der Waals surface area contributed by atoms with Crippen LogP contribution in [0.4, 0.5) is 0 Å². The topological polar surface area (TPSA) is 29.9 Å². The van der Waals surface area contributed by atoms with Gasteiger partial charge >= 0.3 is 0 Å². The summed E-state index contributed by atoms with van der Waals surface area (Å²) in [5.74, 6) is 0.670. The van der Waals surface area contributed by atoms with Gasteiger partial charge in [0.15, 0.2) is 0 Å². The van der Waals surface area contributed by atoms with Crippen LogP contribution in [0.1, 0.15) is 39.1 Å². The Bertz CT molecular complexity index is 302. The Morgan fingerprint density at radius 3 is 2.60 bits per heavy atom. The largest absolute Gasteiger partial charge is 0.308 e. The lowest BCUT2D eigenvalue weighted by molar-refractivity contribution is 0.417. The number of hydrogen-bond donors (Lipinski definition) is 1. The van der Waals surface area contributed by atoms with Gasteiger partial charge in [-0.25, -0.2) is 0 Å². The first-order valence-corrected chi connectivity index (χ1v) is 5.81. The summed E-state index contributed by atoms with van der Waals surface area (Å²) in [6, 6.07) is 2.70. The third-order valence-electron chi connectivity index (χ3n) is 2.89.